The van der Waals surface area contributed by atoms with Crippen molar-refractivity contribution in [1.82, 2.24) is 0 Å². The van der Waals surface area contributed by atoms with Gasteiger partial charge in [0, 0.05) is 21.7 Å². The van der Waals surface area contributed by atoms with Gasteiger partial charge in [0.2, 0.25) is 0 Å². The lowest BCUT2D eigenvalue weighted by Gasteiger charge is -2.14. The second-order valence-corrected chi connectivity index (χ2v) is 6.56. The van der Waals surface area contributed by atoms with Crippen molar-refractivity contribution in [1.29, 1.82) is 0 Å². The zero-order chi connectivity index (χ0) is 19.8. The molecular weight excluding hydrogens is 411 g/mol. The summed E-state index contributed by atoms with van der Waals surface area (Å²) in [6, 6.07) is 8.49. The Morgan fingerprint density at radius 3 is 2.59 bits per heavy atom. The van der Waals surface area contributed by atoms with E-state index in [1.165, 1.54) is 19.3 Å². The Balaban J connectivity index is 2.16. The molecule has 0 aliphatic heterocycles. The van der Waals surface area contributed by atoms with Gasteiger partial charge in [0.25, 0.3) is 0 Å². The van der Waals surface area contributed by atoms with Gasteiger partial charge in [-0.05, 0) is 35.9 Å². The van der Waals surface area contributed by atoms with Crippen molar-refractivity contribution in [2.45, 2.75) is 6.61 Å². The lowest BCUT2D eigenvalue weighted by Crippen LogP contribution is -2.00. The lowest BCUT2D eigenvalue weighted by atomic mass is 10.2. The molecule has 0 amide bonds. The highest BCUT2D eigenvalue weighted by Crippen LogP contribution is 2.37. The maximum Gasteiger partial charge on any atom is 0.331 e. The van der Waals surface area contributed by atoms with Gasteiger partial charge >= 0.3 is 5.97 Å². The van der Waals surface area contributed by atoms with Gasteiger partial charge < -0.3 is 14.2 Å². The molecular formula is C20H17Cl3O4. The fourth-order valence-corrected chi connectivity index (χ4v) is 2.85. The third-order valence-electron chi connectivity index (χ3n) is 3.39. The molecule has 27 heavy (non-hydrogen) atoms. The molecule has 2 rings (SSSR count). The van der Waals surface area contributed by atoms with Crippen molar-refractivity contribution in [3.8, 4) is 11.5 Å². The van der Waals surface area contributed by atoms with E-state index >= 15 is 0 Å². The number of esters is 1. The summed E-state index contributed by atoms with van der Waals surface area (Å²) < 4.78 is 16.0. The van der Waals surface area contributed by atoms with E-state index in [1.54, 1.807) is 36.4 Å². The molecule has 0 aliphatic carbocycles. The van der Waals surface area contributed by atoms with Gasteiger partial charge in [0.1, 0.15) is 13.2 Å². The van der Waals surface area contributed by atoms with Gasteiger partial charge in [-0.3, -0.25) is 0 Å². The summed E-state index contributed by atoms with van der Waals surface area (Å²) in [5, 5.41) is 1.37. The van der Waals surface area contributed by atoms with E-state index in [9.17, 15) is 4.79 Å². The first-order valence-electron chi connectivity index (χ1n) is 7.84. The first kappa shape index (κ1) is 21.2. The molecule has 2 aromatic rings. The topological polar surface area (TPSA) is 44.8 Å². The number of carbonyl (C=O) groups excluding carboxylic acids is 1. The van der Waals surface area contributed by atoms with Crippen LogP contribution in [0.3, 0.4) is 0 Å². The van der Waals surface area contributed by atoms with E-state index in [0.717, 1.165) is 5.56 Å². The van der Waals surface area contributed by atoms with E-state index in [-0.39, 0.29) is 13.2 Å². The molecule has 4 nitrogen and oxygen atoms in total. The van der Waals surface area contributed by atoms with E-state index in [4.69, 9.17) is 49.0 Å². The average Bonchev–Trinajstić information content (AvgIpc) is 2.64. The Labute approximate surface area is 172 Å². The number of methoxy groups -OCH3 is 1. The summed E-state index contributed by atoms with van der Waals surface area (Å²) in [6.07, 6.45) is 4.35. The zero-order valence-corrected chi connectivity index (χ0v) is 16.8. The molecule has 2 aromatic carbocycles. The molecule has 7 heteroatoms. The van der Waals surface area contributed by atoms with Crippen LogP contribution in [0.5, 0.6) is 11.5 Å². The van der Waals surface area contributed by atoms with E-state index < -0.39 is 5.97 Å². The van der Waals surface area contributed by atoms with Crippen LogP contribution in [0.4, 0.5) is 0 Å². The number of hydrogen-bond acceptors (Lipinski definition) is 4. The van der Waals surface area contributed by atoms with Crippen molar-refractivity contribution in [3.63, 3.8) is 0 Å². The van der Waals surface area contributed by atoms with Gasteiger partial charge in [-0.2, -0.15) is 0 Å². The molecule has 0 radical (unpaired) electrons. The molecule has 0 fully saturated rings. The van der Waals surface area contributed by atoms with Crippen LogP contribution >= 0.6 is 34.8 Å². The minimum Gasteiger partial charge on any atom is -0.493 e. The van der Waals surface area contributed by atoms with E-state index in [2.05, 4.69) is 6.58 Å². The van der Waals surface area contributed by atoms with Crippen LogP contribution in [0.1, 0.15) is 11.1 Å². The molecule has 0 saturated carbocycles. The van der Waals surface area contributed by atoms with Crippen LogP contribution in [0.25, 0.3) is 6.08 Å². The van der Waals surface area contributed by atoms with Crippen LogP contribution in [0.2, 0.25) is 15.1 Å². The monoisotopic (exact) mass is 426 g/mol. The number of benzene rings is 2. The Morgan fingerprint density at radius 2 is 1.93 bits per heavy atom. The van der Waals surface area contributed by atoms with Crippen LogP contribution in [-0.2, 0) is 16.1 Å². The van der Waals surface area contributed by atoms with Crippen LogP contribution in [0, 0.1) is 0 Å². The molecule has 0 saturated heterocycles. The summed E-state index contributed by atoms with van der Waals surface area (Å²) in [5.74, 6) is 0.311. The second kappa shape index (κ2) is 10.3. The predicted molar refractivity (Wildman–Crippen MR) is 109 cm³/mol. The van der Waals surface area contributed by atoms with Crippen LogP contribution < -0.4 is 9.47 Å². The minimum absolute atomic E-state index is 0.146. The molecule has 0 spiro atoms. The molecule has 0 N–H and O–H groups in total. The zero-order valence-electron chi connectivity index (χ0n) is 14.5. The Bertz CT molecular complexity index is 863. The molecule has 0 aromatic heterocycles. The summed E-state index contributed by atoms with van der Waals surface area (Å²) in [5.41, 5.74) is 1.41. The van der Waals surface area contributed by atoms with Gasteiger partial charge in [-0.15, -0.1) is 0 Å². The van der Waals surface area contributed by atoms with E-state index in [0.29, 0.717) is 32.1 Å². The smallest absolute Gasteiger partial charge is 0.331 e. The molecule has 0 atom stereocenters. The fraction of sp³-hybridized carbons (Fsp3) is 0.150. The number of ether oxygens (including phenoxy) is 3. The highest BCUT2D eigenvalue weighted by Gasteiger charge is 2.13. The number of halogens is 3. The van der Waals surface area contributed by atoms with Crippen molar-refractivity contribution >= 4 is 46.8 Å². The van der Waals surface area contributed by atoms with Gasteiger partial charge in [0.05, 0.1) is 12.1 Å². The van der Waals surface area contributed by atoms with Gasteiger partial charge in [-0.25, -0.2) is 4.79 Å². The first-order valence-corrected chi connectivity index (χ1v) is 8.98. The number of carbonyl (C=O) groups is 1. The summed E-state index contributed by atoms with van der Waals surface area (Å²) >= 11 is 18.4. The number of hydrogen-bond donors (Lipinski definition) is 0. The normalized spacial score (nSPS) is 10.7. The molecule has 0 unspecified atom stereocenters. The third-order valence-corrected chi connectivity index (χ3v) is 4.26. The van der Waals surface area contributed by atoms with E-state index in [1.807, 2.05) is 0 Å². The highest BCUT2D eigenvalue weighted by molar-refractivity contribution is 6.35. The predicted octanol–water partition coefficient (Wildman–Crippen LogP) is 5.98. The van der Waals surface area contributed by atoms with Crippen molar-refractivity contribution in [2.75, 3.05) is 13.7 Å². The quantitative estimate of drug-likeness (QED) is 0.295. The fourth-order valence-electron chi connectivity index (χ4n) is 2.12. The Morgan fingerprint density at radius 1 is 1.15 bits per heavy atom. The average molecular weight is 428 g/mol. The highest BCUT2D eigenvalue weighted by atomic mass is 35.5. The molecule has 0 bridgehead atoms. The van der Waals surface area contributed by atoms with Crippen molar-refractivity contribution in [3.05, 3.63) is 75.3 Å². The Kier molecular flexibility index (Phi) is 8.04. The second-order valence-electron chi connectivity index (χ2n) is 5.31. The van der Waals surface area contributed by atoms with Crippen molar-refractivity contribution in [2.24, 2.45) is 0 Å². The SMILES string of the molecule is C=CCOC(=O)/C=C/c1cc(Cl)c(OCc2ccc(Cl)cc2Cl)c(OC)c1. The van der Waals surface area contributed by atoms with Gasteiger partial charge in [-0.1, -0.05) is 53.5 Å². The largest absolute Gasteiger partial charge is 0.493 e. The maximum atomic E-state index is 11.5. The van der Waals surface area contributed by atoms with Crippen LogP contribution in [-0.4, -0.2) is 19.7 Å². The number of rotatable bonds is 8. The standard InChI is InChI=1S/C20H17Cl3O4/c1-3-8-26-19(24)7-4-13-9-17(23)20(18(10-13)25-2)27-12-14-5-6-15(21)11-16(14)22/h3-7,9-11H,1,8,12H2,2H3/b7-4+. The summed E-state index contributed by atoms with van der Waals surface area (Å²) in [4.78, 5) is 11.5. The third kappa shape index (κ3) is 6.21. The van der Waals surface area contributed by atoms with Crippen molar-refractivity contribution < 1.29 is 19.0 Å². The summed E-state index contributed by atoms with van der Waals surface area (Å²) in [7, 11) is 1.50. The molecule has 142 valence electrons. The maximum absolute atomic E-state index is 11.5. The van der Waals surface area contributed by atoms with Gasteiger partial charge in [0.15, 0.2) is 11.5 Å². The summed E-state index contributed by atoms with van der Waals surface area (Å²) in [6.45, 7) is 3.82. The first-order chi connectivity index (χ1) is 12.9. The lowest BCUT2D eigenvalue weighted by molar-refractivity contribution is -0.136. The Hall–Kier alpha value is -2.14. The molecule has 0 heterocycles. The molecule has 0 aliphatic rings. The van der Waals surface area contributed by atoms with Crippen LogP contribution in [0.15, 0.2) is 49.1 Å². The minimum atomic E-state index is -0.484.